The molecule has 0 saturated carbocycles. The Labute approximate surface area is 139 Å². The van der Waals surface area contributed by atoms with E-state index in [0.29, 0.717) is 12.5 Å². The van der Waals surface area contributed by atoms with Crippen LogP contribution in [0.1, 0.15) is 66.2 Å². The molecular weight excluding hydrogens is 288 g/mol. The minimum absolute atomic E-state index is 0.137. The highest BCUT2D eigenvalue weighted by molar-refractivity contribution is 5.38. The third kappa shape index (κ3) is 2.20. The molecule has 2 heterocycles. The first kappa shape index (κ1) is 15.9. The van der Waals surface area contributed by atoms with Crippen molar-refractivity contribution in [1.82, 2.24) is 0 Å². The van der Waals surface area contributed by atoms with Crippen LogP contribution in [0.15, 0.2) is 22.8 Å². The highest BCUT2D eigenvalue weighted by atomic mass is 16.7. The van der Waals surface area contributed by atoms with Gasteiger partial charge in [-0.15, -0.1) is 0 Å². The second kappa shape index (κ2) is 4.93. The summed E-state index contributed by atoms with van der Waals surface area (Å²) in [7, 11) is 0. The molecule has 5 atom stereocenters. The van der Waals surface area contributed by atoms with Crippen LogP contribution in [0.2, 0.25) is 0 Å². The third-order valence-corrected chi connectivity index (χ3v) is 7.25. The molecule has 1 unspecified atom stereocenters. The van der Waals surface area contributed by atoms with E-state index < -0.39 is 5.79 Å². The molecule has 3 heteroatoms. The highest BCUT2D eigenvalue weighted by Gasteiger charge is 2.67. The lowest BCUT2D eigenvalue weighted by atomic mass is 9.62. The van der Waals surface area contributed by atoms with Gasteiger partial charge in [0.15, 0.2) is 0 Å². The molecule has 128 valence electrons. The quantitative estimate of drug-likeness (QED) is 0.540. The van der Waals surface area contributed by atoms with Crippen molar-refractivity contribution in [3.8, 4) is 0 Å². The fourth-order valence-corrected chi connectivity index (χ4v) is 5.10. The van der Waals surface area contributed by atoms with Crippen molar-refractivity contribution in [2.24, 2.45) is 11.3 Å². The Kier molecular flexibility index (Phi) is 3.40. The Morgan fingerprint density at radius 3 is 2.74 bits per heavy atom. The molecule has 2 aliphatic carbocycles. The first-order valence-electron chi connectivity index (χ1n) is 9.22. The number of fused-ring (bicyclic) bond motifs is 2. The second-order valence-corrected chi connectivity index (χ2v) is 8.70. The van der Waals surface area contributed by atoms with Gasteiger partial charge in [0.1, 0.15) is 6.10 Å². The van der Waals surface area contributed by atoms with Crippen molar-refractivity contribution in [3.05, 3.63) is 22.8 Å². The molecular formula is C20H30O3. The zero-order valence-electron chi connectivity index (χ0n) is 14.9. The predicted molar refractivity (Wildman–Crippen MR) is 89.9 cm³/mol. The number of allylic oxidation sites excluding steroid dienone is 2. The van der Waals surface area contributed by atoms with Gasteiger partial charge in [-0.3, -0.25) is 0 Å². The van der Waals surface area contributed by atoms with Gasteiger partial charge in [-0.25, -0.2) is 0 Å². The average molecular weight is 318 g/mol. The lowest BCUT2D eigenvalue weighted by Crippen LogP contribution is -2.42. The lowest BCUT2D eigenvalue weighted by Gasteiger charge is -2.42. The zero-order valence-corrected chi connectivity index (χ0v) is 14.9. The Morgan fingerprint density at radius 2 is 1.96 bits per heavy atom. The van der Waals surface area contributed by atoms with Gasteiger partial charge in [-0.1, -0.05) is 25.5 Å². The molecule has 0 aromatic rings. The lowest BCUT2D eigenvalue weighted by molar-refractivity contribution is -0.169. The van der Waals surface area contributed by atoms with E-state index in [9.17, 15) is 5.11 Å². The van der Waals surface area contributed by atoms with E-state index in [0.717, 1.165) is 44.1 Å². The van der Waals surface area contributed by atoms with Gasteiger partial charge in [-0.2, -0.15) is 0 Å². The molecule has 0 aromatic heterocycles. The number of hydrogen-bond donors (Lipinski definition) is 1. The maximum absolute atomic E-state index is 11.3. The van der Waals surface area contributed by atoms with Crippen molar-refractivity contribution in [2.75, 3.05) is 6.61 Å². The first-order valence-corrected chi connectivity index (χ1v) is 9.22. The van der Waals surface area contributed by atoms with Crippen molar-refractivity contribution in [2.45, 2.75) is 83.7 Å². The summed E-state index contributed by atoms with van der Waals surface area (Å²) in [5, 5.41) is 11.3. The summed E-state index contributed by atoms with van der Waals surface area (Å²) < 4.78 is 12.0. The Balaban J connectivity index is 1.79. The molecule has 1 N–H and O–H groups in total. The fourth-order valence-electron chi connectivity index (χ4n) is 5.10. The molecule has 1 fully saturated rings. The molecule has 23 heavy (non-hydrogen) atoms. The van der Waals surface area contributed by atoms with Crippen molar-refractivity contribution in [1.29, 1.82) is 0 Å². The Morgan fingerprint density at radius 1 is 1.17 bits per heavy atom. The maximum Gasteiger partial charge on any atom is 0.219 e. The van der Waals surface area contributed by atoms with Crippen molar-refractivity contribution < 1.29 is 14.6 Å². The monoisotopic (exact) mass is 318 g/mol. The Hall–Kier alpha value is -0.640. The summed E-state index contributed by atoms with van der Waals surface area (Å²) in [5.74, 6) is -0.543. The summed E-state index contributed by atoms with van der Waals surface area (Å²) in [6.45, 7) is 9.70. The first-order chi connectivity index (χ1) is 10.8. The van der Waals surface area contributed by atoms with Crippen molar-refractivity contribution in [3.63, 3.8) is 0 Å². The Bertz CT molecular complexity index is 592. The minimum Gasteiger partial charge on any atom is -0.360 e. The van der Waals surface area contributed by atoms with E-state index in [2.05, 4.69) is 33.8 Å². The van der Waals surface area contributed by atoms with Gasteiger partial charge in [0.25, 0.3) is 0 Å². The highest BCUT2D eigenvalue weighted by Crippen LogP contribution is 2.59. The molecule has 4 aliphatic rings. The SMILES string of the molecule is C/C1=C\CC[C@@]2(C)O[C@@H]2C2(O)OCC3=C2CC[C@@H](C)[C@]3(C)CC1. The van der Waals surface area contributed by atoms with Crippen LogP contribution in [0.5, 0.6) is 0 Å². The van der Waals surface area contributed by atoms with Crippen LogP contribution in [0.4, 0.5) is 0 Å². The molecule has 2 aliphatic heterocycles. The van der Waals surface area contributed by atoms with Crippen LogP contribution in [0, 0.1) is 11.3 Å². The summed E-state index contributed by atoms with van der Waals surface area (Å²) in [6, 6.07) is 0. The van der Waals surface area contributed by atoms with E-state index in [-0.39, 0.29) is 17.1 Å². The summed E-state index contributed by atoms with van der Waals surface area (Å²) in [4.78, 5) is 0. The largest absolute Gasteiger partial charge is 0.360 e. The van der Waals surface area contributed by atoms with Gasteiger partial charge in [0, 0.05) is 0 Å². The second-order valence-electron chi connectivity index (χ2n) is 8.70. The molecule has 1 saturated heterocycles. The van der Waals surface area contributed by atoms with E-state index in [1.807, 2.05) is 0 Å². The fraction of sp³-hybridized carbons (Fsp3) is 0.800. The maximum atomic E-state index is 11.3. The van der Waals surface area contributed by atoms with Crippen LogP contribution in [-0.2, 0) is 9.47 Å². The number of ether oxygens (including phenoxy) is 2. The van der Waals surface area contributed by atoms with Crippen LogP contribution in [-0.4, -0.2) is 29.2 Å². The third-order valence-electron chi connectivity index (χ3n) is 7.25. The number of hydrogen-bond acceptors (Lipinski definition) is 3. The smallest absolute Gasteiger partial charge is 0.219 e. The summed E-state index contributed by atoms with van der Waals surface area (Å²) in [6.07, 6.45) is 8.51. The van der Waals surface area contributed by atoms with Crippen LogP contribution >= 0.6 is 0 Å². The van der Waals surface area contributed by atoms with E-state index in [1.165, 1.54) is 11.1 Å². The van der Waals surface area contributed by atoms with Crippen molar-refractivity contribution >= 4 is 0 Å². The number of epoxide rings is 1. The van der Waals surface area contributed by atoms with Crippen LogP contribution < -0.4 is 0 Å². The van der Waals surface area contributed by atoms with Crippen LogP contribution in [0.3, 0.4) is 0 Å². The van der Waals surface area contributed by atoms with Gasteiger partial charge in [0.05, 0.1) is 12.2 Å². The topological polar surface area (TPSA) is 42.0 Å². The summed E-state index contributed by atoms with van der Waals surface area (Å²) in [5.41, 5.74) is 3.89. The minimum atomic E-state index is -1.18. The zero-order chi connectivity index (χ0) is 16.5. The molecule has 4 rings (SSSR count). The molecule has 0 amide bonds. The molecule has 0 aromatic carbocycles. The van der Waals surface area contributed by atoms with Gasteiger partial charge >= 0.3 is 0 Å². The molecule has 0 radical (unpaired) electrons. The van der Waals surface area contributed by atoms with Gasteiger partial charge in [-0.05, 0) is 74.9 Å². The van der Waals surface area contributed by atoms with Crippen LogP contribution in [0.25, 0.3) is 0 Å². The average Bonchev–Trinajstić information content (AvgIpc) is 3.05. The molecule has 0 spiro atoms. The van der Waals surface area contributed by atoms with E-state index >= 15 is 0 Å². The molecule has 4 bridgehead atoms. The van der Waals surface area contributed by atoms with Gasteiger partial charge < -0.3 is 14.6 Å². The normalized spacial score (nSPS) is 52.1. The predicted octanol–water partition coefficient (Wildman–Crippen LogP) is 4.12. The molecule has 3 nitrogen and oxygen atoms in total. The van der Waals surface area contributed by atoms with E-state index in [4.69, 9.17) is 9.47 Å². The number of aliphatic hydroxyl groups is 1. The van der Waals surface area contributed by atoms with Gasteiger partial charge in [0.2, 0.25) is 5.79 Å². The standard InChI is InChI=1S/C20H30O3/c1-13-6-5-10-19(4)17(23-19)20(21)15-8-7-14(2)18(3,11-9-13)16(15)12-22-20/h6,14,17,21H,5,7-12H2,1-4H3/b13-6+/t14-,17+,18+,19-,20?/m1/s1. The number of rotatable bonds is 0. The summed E-state index contributed by atoms with van der Waals surface area (Å²) >= 11 is 0. The van der Waals surface area contributed by atoms with E-state index in [1.54, 1.807) is 0 Å².